The van der Waals surface area contributed by atoms with Crippen molar-refractivity contribution in [1.82, 2.24) is 0 Å². The van der Waals surface area contributed by atoms with Crippen molar-refractivity contribution in [2.45, 2.75) is 52.0 Å². The van der Waals surface area contributed by atoms with Crippen LogP contribution in [0.1, 0.15) is 46.0 Å². The molecule has 0 aromatic heterocycles. The monoisotopic (exact) mass is 883 g/mol. The van der Waals surface area contributed by atoms with Gasteiger partial charge in [0.2, 0.25) is 46.5 Å². The standard InChI is InChI=1S/C28H12BF16O4.C10H21N/c1-46-25-17(38)9(30)5(10(31)18(25)39)29(6-11(32)19(40)26(47-2)20(41)12(6)33,7-13(34)21(42)27(48-3)22(43)14(7)35)8-15(36)23(44)28(49-4)24(45)16(8)37;1-3-11(4-2)10-8-6-5-7-9-10/h1-4H3;10H,3-9H2,1-2H3/q-1;/p+1. The van der Waals surface area contributed by atoms with E-state index in [1.54, 1.807) is 0 Å². The highest BCUT2D eigenvalue weighted by Crippen LogP contribution is 2.36. The van der Waals surface area contributed by atoms with Crippen molar-refractivity contribution in [3.8, 4) is 23.0 Å². The van der Waals surface area contributed by atoms with Crippen LogP contribution < -0.4 is 45.7 Å². The molecule has 4 aromatic carbocycles. The lowest BCUT2D eigenvalue weighted by Gasteiger charge is -2.45. The molecular weight excluding hydrogens is 849 g/mol. The Labute approximate surface area is 331 Å². The Morgan fingerprint density at radius 1 is 0.367 bits per heavy atom. The Balaban J connectivity index is 0.000000624. The molecule has 1 N–H and O–H groups in total. The maximum Gasteiger partial charge on any atom is 0.200 e. The maximum atomic E-state index is 16.1. The van der Waals surface area contributed by atoms with Gasteiger partial charge in [0, 0.05) is 0 Å². The second-order valence-electron chi connectivity index (χ2n) is 13.4. The highest BCUT2D eigenvalue weighted by Gasteiger charge is 2.52. The first kappa shape index (κ1) is 47.7. The quantitative estimate of drug-likeness (QED) is 0.105. The van der Waals surface area contributed by atoms with Gasteiger partial charge in [0.15, 0.2) is 23.0 Å². The number of halogens is 16. The maximum absolute atomic E-state index is 16.1. The summed E-state index contributed by atoms with van der Waals surface area (Å²) in [6.45, 7) is 7.27. The molecule has 0 saturated heterocycles. The summed E-state index contributed by atoms with van der Waals surface area (Å²) in [4.78, 5) is 1.82. The van der Waals surface area contributed by atoms with Gasteiger partial charge >= 0.3 is 0 Å². The van der Waals surface area contributed by atoms with E-state index >= 15 is 70.2 Å². The first-order valence-electron chi connectivity index (χ1n) is 17.9. The minimum Gasteiger partial charge on any atom is -0.491 e. The van der Waals surface area contributed by atoms with Gasteiger partial charge in [-0.3, -0.25) is 0 Å². The Bertz CT molecular complexity index is 1880. The van der Waals surface area contributed by atoms with E-state index in [-0.39, 0.29) is 0 Å². The Hall–Kier alpha value is -5.02. The molecule has 1 saturated carbocycles. The third-order valence-corrected chi connectivity index (χ3v) is 10.7. The predicted octanol–water partition coefficient (Wildman–Crippen LogP) is 6.57. The summed E-state index contributed by atoms with van der Waals surface area (Å²) >= 11 is 0. The van der Waals surface area contributed by atoms with E-state index < -0.39 is 144 Å². The number of hydrogen-bond donors (Lipinski definition) is 1. The van der Waals surface area contributed by atoms with Crippen molar-refractivity contribution in [2.24, 2.45) is 0 Å². The van der Waals surface area contributed by atoms with Crippen LogP contribution in [-0.4, -0.2) is 53.7 Å². The van der Waals surface area contributed by atoms with Crippen LogP contribution in [0.4, 0.5) is 70.2 Å². The fourth-order valence-corrected chi connectivity index (χ4v) is 7.96. The van der Waals surface area contributed by atoms with E-state index in [0.717, 1.165) is 6.04 Å². The van der Waals surface area contributed by atoms with Crippen molar-refractivity contribution in [3.05, 3.63) is 93.1 Å². The summed E-state index contributed by atoms with van der Waals surface area (Å²) in [5.41, 5.74) is -12.6. The molecule has 22 heteroatoms. The highest BCUT2D eigenvalue weighted by atomic mass is 19.2. The molecule has 0 aliphatic heterocycles. The average Bonchev–Trinajstić information content (AvgIpc) is 3.23. The number of quaternary nitrogens is 1. The van der Waals surface area contributed by atoms with Crippen LogP contribution >= 0.6 is 0 Å². The number of nitrogens with one attached hydrogen (secondary N) is 1. The molecule has 60 heavy (non-hydrogen) atoms. The van der Waals surface area contributed by atoms with Crippen LogP contribution in [0.25, 0.3) is 0 Å². The fraction of sp³-hybridized carbons (Fsp3) is 0.368. The molecule has 0 unspecified atom stereocenters. The van der Waals surface area contributed by atoms with E-state index in [1.165, 1.54) is 45.2 Å². The first-order valence-corrected chi connectivity index (χ1v) is 17.9. The number of ether oxygens (including phenoxy) is 4. The zero-order chi connectivity index (χ0) is 45.3. The van der Waals surface area contributed by atoms with Crippen molar-refractivity contribution < 1.29 is 94.1 Å². The van der Waals surface area contributed by atoms with Crippen LogP contribution in [0.3, 0.4) is 0 Å². The van der Waals surface area contributed by atoms with Gasteiger partial charge < -0.3 is 23.8 Å². The summed E-state index contributed by atoms with van der Waals surface area (Å²) in [7, 11) is 1.31. The van der Waals surface area contributed by atoms with Crippen molar-refractivity contribution in [2.75, 3.05) is 41.5 Å². The molecule has 0 bridgehead atoms. The molecule has 330 valence electrons. The Morgan fingerprint density at radius 2 is 0.567 bits per heavy atom. The van der Waals surface area contributed by atoms with Gasteiger partial charge in [-0.1, -0.05) is 6.42 Å². The number of rotatable bonds is 11. The minimum atomic E-state index is -6.80. The van der Waals surface area contributed by atoms with Crippen LogP contribution in [0.2, 0.25) is 0 Å². The van der Waals surface area contributed by atoms with Gasteiger partial charge in [0.1, 0.15) is 52.7 Å². The van der Waals surface area contributed by atoms with Gasteiger partial charge in [-0.25, -0.2) is 35.1 Å². The Kier molecular flexibility index (Phi) is 14.9. The van der Waals surface area contributed by atoms with Crippen LogP contribution in [-0.2, 0) is 0 Å². The normalized spacial score (nSPS) is 13.4. The lowest BCUT2D eigenvalue weighted by molar-refractivity contribution is -0.923. The average molecular weight is 883 g/mol. The topological polar surface area (TPSA) is 41.4 Å². The molecule has 5 nitrogen and oxygen atoms in total. The molecule has 4 aromatic rings. The number of methoxy groups -OCH3 is 4. The SMILES string of the molecule is CC[NH+](CC)C1CCCCC1.COc1c(F)c(F)c([B-](c2c(F)c(F)c(OC)c(F)c2F)(c2c(F)c(F)c(OC)c(F)c2F)c2c(F)c(F)c(OC)c(F)c2F)c(F)c1F. The van der Waals surface area contributed by atoms with Gasteiger partial charge in [0.25, 0.3) is 0 Å². The molecular formula is C38H34BF16NO4. The molecule has 1 fully saturated rings. The zero-order valence-electron chi connectivity index (χ0n) is 32.3. The van der Waals surface area contributed by atoms with E-state index in [0.29, 0.717) is 28.4 Å². The van der Waals surface area contributed by atoms with Crippen LogP contribution in [0, 0.1) is 93.1 Å². The zero-order valence-corrected chi connectivity index (χ0v) is 32.3. The molecule has 1 aliphatic rings. The van der Waals surface area contributed by atoms with E-state index in [4.69, 9.17) is 0 Å². The lowest BCUT2D eigenvalue weighted by Crippen LogP contribution is -3.15. The second-order valence-corrected chi connectivity index (χ2v) is 13.4. The van der Waals surface area contributed by atoms with Gasteiger partial charge in [-0.05, 0) is 39.5 Å². The first-order chi connectivity index (χ1) is 28.2. The number of benzene rings is 4. The summed E-state index contributed by atoms with van der Waals surface area (Å²) in [6, 6.07) is 0.999. The molecule has 0 radical (unpaired) electrons. The third-order valence-electron chi connectivity index (χ3n) is 10.7. The van der Waals surface area contributed by atoms with Gasteiger partial charge in [0.05, 0.1) is 47.6 Å². The molecule has 0 heterocycles. The van der Waals surface area contributed by atoms with Crippen molar-refractivity contribution >= 4 is 28.0 Å². The Morgan fingerprint density at radius 3 is 0.733 bits per heavy atom. The van der Waals surface area contributed by atoms with Crippen molar-refractivity contribution in [3.63, 3.8) is 0 Å². The minimum absolute atomic E-state index is 0.327. The van der Waals surface area contributed by atoms with Crippen LogP contribution in [0.5, 0.6) is 23.0 Å². The summed E-state index contributed by atoms with van der Waals surface area (Å²) < 4.78 is 267. The second kappa shape index (κ2) is 18.7. The molecule has 1 aliphatic carbocycles. The molecule has 0 amide bonds. The largest absolute Gasteiger partial charge is 0.491 e. The molecule has 0 atom stereocenters. The van der Waals surface area contributed by atoms with Crippen molar-refractivity contribution in [1.29, 1.82) is 0 Å². The molecule has 5 rings (SSSR count). The number of hydrogen-bond acceptors (Lipinski definition) is 4. The fourth-order valence-electron chi connectivity index (χ4n) is 7.96. The van der Waals surface area contributed by atoms with E-state index in [1.807, 2.05) is 4.90 Å². The van der Waals surface area contributed by atoms with Gasteiger partial charge in [-0.2, -0.15) is 35.1 Å². The smallest absolute Gasteiger partial charge is 0.200 e. The van der Waals surface area contributed by atoms with Gasteiger partial charge in [-0.15, -0.1) is 21.9 Å². The van der Waals surface area contributed by atoms with E-state index in [9.17, 15) is 0 Å². The summed E-state index contributed by atoms with van der Waals surface area (Å²) in [5, 5.41) is 0. The predicted molar refractivity (Wildman–Crippen MR) is 185 cm³/mol. The summed E-state index contributed by atoms with van der Waals surface area (Å²) in [5.74, 6) is -57.7. The summed E-state index contributed by atoms with van der Waals surface area (Å²) in [6.07, 6.45) is 0.612. The molecule has 0 spiro atoms. The third kappa shape index (κ3) is 7.41. The van der Waals surface area contributed by atoms with E-state index in [2.05, 4.69) is 32.8 Å². The highest BCUT2D eigenvalue weighted by molar-refractivity contribution is 7.20. The van der Waals surface area contributed by atoms with Crippen LogP contribution in [0.15, 0.2) is 0 Å². The lowest BCUT2D eigenvalue weighted by atomic mass is 9.12.